The van der Waals surface area contributed by atoms with Gasteiger partial charge in [-0.3, -0.25) is 0 Å². The van der Waals surface area contributed by atoms with Crippen LogP contribution in [0.3, 0.4) is 0 Å². The van der Waals surface area contributed by atoms with Crippen molar-refractivity contribution in [2.45, 2.75) is 6.43 Å². The minimum absolute atomic E-state index is 0.131. The lowest BCUT2D eigenvalue weighted by Crippen LogP contribution is -2.08. The Labute approximate surface area is 89.6 Å². The number of carboxylic acid groups (broad SMARTS) is 1. The van der Waals surface area contributed by atoms with E-state index in [0.29, 0.717) is 0 Å². The summed E-state index contributed by atoms with van der Waals surface area (Å²) in [5, 5.41) is 8.88. The number of aromatic nitrogens is 1. The summed E-state index contributed by atoms with van der Waals surface area (Å²) in [5.74, 6) is -2.03. The second-order valence-corrected chi connectivity index (χ2v) is 2.73. The number of halogens is 2. The molecule has 16 heavy (non-hydrogen) atoms. The number of hydrogen-bond donors (Lipinski definition) is 1. The van der Waals surface area contributed by atoms with Gasteiger partial charge in [0.15, 0.2) is 11.5 Å². The Hall–Kier alpha value is -1.92. The van der Waals surface area contributed by atoms with Crippen molar-refractivity contribution in [1.82, 2.24) is 4.98 Å². The molecule has 88 valence electrons. The Morgan fingerprint density at radius 1 is 1.44 bits per heavy atom. The number of carboxylic acids is 1. The van der Waals surface area contributed by atoms with Gasteiger partial charge >= 0.3 is 5.97 Å². The van der Waals surface area contributed by atoms with Gasteiger partial charge < -0.3 is 14.6 Å². The summed E-state index contributed by atoms with van der Waals surface area (Å²) in [6, 6.07) is 0. The van der Waals surface area contributed by atoms with Gasteiger partial charge in [0, 0.05) is 0 Å². The molecule has 1 N–H and O–H groups in total. The highest BCUT2D eigenvalue weighted by atomic mass is 19.3. The maximum Gasteiger partial charge on any atom is 0.343 e. The number of hydrogen-bond acceptors (Lipinski definition) is 4. The van der Waals surface area contributed by atoms with Crippen LogP contribution in [0.1, 0.15) is 22.5 Å². The van der Waals surface area contributed by atoms with Crippen molar-refractivity contribution in [3.63, 3.8) is 0 Å². The molecule has 0 unspecified atom stereocenters. The molecule has 0 aliphatic rings. The van der Waals surface area contributed by atoms with E-state index in [9.17, 15) is 13.6 Å². The van der Waals surface area contributed by atoms with Crippen LogP contribution in [0.15, 0.2) is 6.20 Å². The van der Waals surface area contributed by atoms with Crippen LogP contribution in [0.5, 0.6) is 11.5 Å². The van der Waals surface area contributed by atoms with Gasteiger partial charge in [-0.1, -0.05) is 0 Å². The van der Waals surface area contributed by atoms with Crippen molar-refractivity contribution in [3.8, 4) is 11.5 Å². The average molecular weight is 233 g/mol. The molecule has 0 saturated heterocycles. The Balaban J connectivity index is 3.49. The average Bonchev–Trinajstić information content (AvgIpc) is 2.26. The van der Waals surface area contributed by atoms with Gasteiger partial charge in [0.05, 0.1) is 20.4 Å². The summed E-state index contributed by atoms with van der Waals surface area (Å²) in [7, 11) is 2.31. The smallest absolute Gasteiger partial charge is 0.343 e. The third kappa shape index (κ3) is 2.02. The first-order chi connectivity index (χ1) is 7.52. The summed E-state index contributed by atoms with van der Waals surface area (Å²) in [4.78, 5) is 14.3. The van der Waals surface area contributed by atoms with Crippen LogP contribution in [-0.2, 0) is 0 Å². The first-order valence-electron chi connectivity index (χ1n) is 4.15. The highest BCUT2D eigenvalue weighted by Gasteiger charge is 2.26. The molecule has 1 aromatic rings. The van der Waals surface area contributed by atoms with Crippen LogP contribution in [0.25, 0.3) is 0 Å². The first kappa shape index (κ1) is 12.2. The van der Waals surface area contributed by atoms with Crippen LogP contribution >= 0.6 is 0 Å². The quantitative estimate of drug-likeness (QED) is 0.857. The summed E-state index contributed by atoms with van der Waals surface area (Å²) in [6.07, 6.45) is -1.99. The molecular formula is C9H9F2NO4. The molecule has 0 aliphatic carbocycles. The van der Waals surface area contributed by atoms with E-state index in [2.05, 4.69) is 9.72 Å². The third-order valence-corrected chi connectivity index (χ3v) is 1.87. The minimum atomic E-state index is -2.92. The van der Waals surface area contributed by atoms with Crippen LogP contribution in [-0.4, -0.2) is 30.3 Å². The molecule has 7 heteroatoms. The number of rotatable bonds is 4. The van der Waals surface area contributed by atoms with E-state index in [1.165, 1.54) is 7.11 Å². The summed E-state index contributed by atoms with van der Waals surface area (Å²) in [5.41, 5.74) is -1.18. The Morgan fingerprint density at radius 2 is 2.06 bits per heavy atom. The highest BCUT2D eigenvalue weighted by Crippen LogP contribution is 2.35. The maximum absolute atomic E-state index is 12.5. The van der Waals surface area contributed by atoms with Gasteiger partial charge in [-0.05, 0) is 0 Å². The molecule has 5 nitrogen and oxygen atoms in total. The minimum Gasteiger partial charge on any atom is -0.494 e. The predicted octanol–water partition coefficient (Wildman–Crippen LogP) is 1.73. The second-order valence-electron chi connectivity index (χ2n) is 2.73. The van der Waals surface area contributed by atoms with E-state index in [4.69, 9.17) is 9.84 Å². The maximum atomic E-state index is 12.5. The van der Waals surface area contributed by atoms with E-state index in [0.717, 1.165) is 13.3 Å². The lowest BCUT2D eigenvalue weighted by Gasteiger charge is -2.12. The van der Waals surface area contributed by atoms with Crippen molar-refractivity contribution >= 4 is 5.97 Å². The normalized spacial score (nSPS) is 10.3. The van der Waals surface area contributed by atoms with Crippen molar-refractivity contribution in [2.75, 3.05) is 14.2 Å². The lowest BCUT2D eigenvalue weighted by atomic mass is 10.2. The van der Waals surface area contributed by atoms with Gasteiger partial charge in [-0.15, -0.1) is 0 Å². The SMILES string of the molecule is COc1cnc(C(F)F)c(OC)c1C(=O)O. The van der Waals surface area contributed by atoms with Gasteiger partial charge in [0.1, 0.15) is 11.3 Å². The first-order valence-corrected chi connectivity index (χ1v) is 4.15. The Morgan fingerprint density at radius 3 is 2.44 bits per heavy atom. The van der Waals surface area contributed by atoms with E-state index < -0.39 is 29.4 Å². The second kappa shape index (κ2) is 4.73. The number of pyridine rings is 1. The summed E-state index contributed by atoms with van der Waals surface area (Å²) in [6.45, 7) is 0. The Kier molecular flexibility index (Phi) is 3.60. The molecule has 0 aliphatic heterocycles. The standard InChI is InChI=1S/C9H9F2NO4/c1-15-4-3-12-6(8(10)11)7(16-2)5(4)9(13)14/h3,8H,1-2H3,(H,13,14). The van der Waals surface area contributed by atoms with E-state index >= 15 is 0 Å². The number of carbonyl (C=O) groups is 1. The molecule has 0 atom stereocenters. The van der Waals surface area contributed by atoms with Gasteiger partial charge in [-0.25, -0.2) is 18.6 Å². The van der Waals surface area contributed by atoms with E-state index in [-0.39, 0.29) is 5.75 Å². The monoisotopic (exact) mass is 233 g/mol. The topological polar surface area (TPSA) is 68.7 Å². The predicted molar refractivity (Wildman–Crippen MR) is 49.3 cm³/mol. The third-order valence-electron chi connectivity index (χ3n) is 1.87. The Bertz CT molecular complexity index is 409. The molecule has 0 fully saturated rings. The molecule has 1 rings (SSSR count). The zero-order chi connectivity index (χ0) is 12.3. The van der Waals surface area contributed by atoms with Gasteiger partial charge in [-0.2, -0.15) is 0 Å². The molecule has 0 saturated carbocycles. The molecular weight excluding hydrogens is 224 g/mol. The lowest BCUT2D eigenvalue weighted by molar-refractivity contribution is 0.0687. The fourth-order valence-corrected chi connectivity index (χ4v) is 1.21. The van der Waals surface area contributed by atoms with Crippen LogP contribution in [0.2, 0.25) is 0 Å². The van der Waals surface area contributed by atoms with Crippen molar-refractivity contribution in [3.05, 3.63) is 17.5 Å². The van der Waals surface area contributed by atoms with Crippen LogP contribution in [0, 0.1) is 0 Å². The molecule has 0 bridgehead atoms. The summed E-state index contributed by atoms with van der Waals surface area (Å²) < 4.78 is 34.4. The molecule has 1 aromatic heterocycles. The van der Waals surface area contributed by atoms with Crippen LogP contribution < -0.4 is 9.47 Å². The summed E-state index contributed by atoms with van der Waals surface area (Å²) >= 11 is 0. The molecule has 0 amide bonds. The highest BCUT2D eigenvalue weighted by molar-refractivity contribution is 5.94. The van der Waals surface area contributed by atoms with Crippen molar-refractivity contribution in [1.29, 1.82) is 0 Å². The molecule has 1 heterocycles. The van der Waals surface area contributed by atoms with Crippen molar-refractivity contribution < 1.29 is 28.2 Å². The largest absolute Gasteiger partial charge is 0.494 e. The number of ether oxygens (including phenoxy) is 2. The number of alkyl halides is 2. The zero-order valence-electron chi connectivity index (χ0n) is 8.53. The van der Waals surface area contributed by atoms with Crippen LogP contribution in [0.4, 0.5) is 8.78 Å². The fraction of sp³-hybridized carbons (Fsp3) is 0.333. The molecule has 0 radical (unpaired) electrons. The van der Waals surface area contributed by atoms with Crippen molar-refractivity contribution in [2.24, 2.45) is 0 Å². The molecule has 0 aromatic carbocycles. The molecule has 0 spiro atoms. The van der Waals surface area contributed by atoms with E-state index in [1.54, 1.807) is 0 Å². The fourth-order valence-electron chi connectivity index (χ4n) is 1.21. The number of nitrogens with zero attached hydrogens (tertiary/aromatic N) is 1. The van der Waals surface area contributed by atoms with Gasteiger partial charge in [0.2, 0.25) is 0 Å². The zero-order valence-corrected chi connectivity index (χ0v) is 8.53. The number of aromatic carboxylic acids is 1. The number of methoxy groups -OCH3 is 2. The van der Waals surface area contributed by atoms with E-state index in [1.807, 2.05) is 0 Å². The van der Waals surface area contributed by atoms with Gasteiger partial charge in [0.25, 0.3) is 6.43 Å².